The van der Waals surface area contributed by atoms with Gasteiger partial charge in [0.1, 0.15) is 11.4 Å². The summed E-state index contributed by atoms with van der Waals surface area (Å²) in [6, 6.07) is 23.4. The normalized spacial score (nSPS) is 16.0. The number of aromatic nitrogens is 1. The van der Waals surface area contributed by atoms with Crippen LogP contribution in [0.3, 0.4) is 0 Å². The van der Waals surface area contributed by atoms with Gasteiger partial charge in [-0.25, -0.2) is 13.4 Å². The summed E-state index contributed by atoms with van der Waals surface area (Å²) >= 11 is 0. The largest absolute Gasteiger partial charge is 0.459 e. The third-order valence-electron chi connectivity index (χ3n) is 9.61. The minimum absolute atomic E-state index is 0.0515. The zero-order valence-corrected chi connectivity index (χ0v) is 32.4. The molecule has 56 heavy (non-hydrogen) atoms. The summed E-state index contributed by atoms with van der Waals surface area (Å²) in [6.07, 6.45) is -2.34. The van der Waals surface area contributed by atoms with Crippen LogP contribution in [0.4, 0.5) is 24.5 Å². The van der Waals surface area contributed by atoms with Gasteiger partial charge in [-0.05, 0) is 87.1 Å². The van der Waals surface area contributed by atoms with Crippen LogP contribution in [-0.4, -0.2) is 86.5 Å². The number of nitrogens with zero attached hydrogens (tertiary/aromatic N) is 4. The van der Waals surface area contributed by atoms with E-state index in [1.54, 1.807) is 59.5 Å². The molecule has 0 saturated carbocycles. The molecule has 3 aromatic carbocycles. The predicted molar refractivity (Wildman–Crippen MR) is 207 cm³/mol. The molecule has 2 fully saturated rings. The number of piperidine rings is 1. The third-order valence-corrected chi connectivity index (χ3v) is 10.9. The number of likely N-dealkylation sites (tertiary alicyclic amines) is 1. The second-order valence-corrected chi connectivity index (χ2v) is 16.8. The lowest BCUT2D eigenvalue weighted by atomic mass is 9.89. The van der Waals surface area contributed by atoms with Gasteiger partial charge in [-0.15, -0.1) is 0 Å². The van der Waals surface area contributed by atoms with Crippen LogP contribution in [0.2, 0.25) is 0 Å². The molecule has 298 valence electrons. The number of ether oxygens (including phenoxy) is 2. The average Bonchev–Trinajstić information content (AvgIpc) is 3.14. The molecule has 3 heterocycles. The number of benzene rings is 3. The molecule has 11 nitrogen and oxygen atoms in total. The Kier molecular flexibility index (Phi) is 12.2. The Morgan fingerprint density at radius 3 is 2.14 bits per heavy atom. The molecular formula is C41H46F3N5O6S. The summed E-state index contributed by atoms with van der Waals surface area (Å²) in [5, 5.41) is 0. The van der Waals surface area contributed by atoms with Gasteiger partial charge in [0.25, 0.3) is 5.91 Å². The standard InChI is InChI=1S/C41H46F3N5O6S/c1-40(2,3)55-38(50)27-47-21-23-48(24-22-47)36-15-11-32(25-35(36)46-56(52,53)28-29-7-5-4-6-8-29)39(51)49-19-17-31(18-20-49)30-9-13-34(14-10-30)54-37-16-12-33(26-45-37)41(42,43)44/h4-16,25-26,31,46H,17-24,27-28H2,1-3H3. The Balaban J connectivity index is 1.10. The number of hydrogen-bond donors (Lipinski definition) is 1. The molecule has 0 radical (unpaired) electrons. The first-order valence-electron chi connectivity index (χ1n) is 18.5. The molecule has 1 amide bonds. The van der Waals surface area contributed by atoms with Gasteiger partial charge in [0.05, 0.1) is 29.2 Å². The number of hydrogen-bond acceptors (Lipinski definition) is 9. The molecule has 0 unspecified atom stereocenters. The van der Waals surface area contributed by atoms with Gasteiger partial charge >= 0.3 is 12.1 Å². The fourth-order valence-electron chi connectivity index (χ4n) is 6.86. The van der Waals surface area contributed by atoms with Gasteiger partial charge in [0.15, 0.2) is 0 Å². The molecule has 2 aliphatic rings. The summed E-state index contributed by atoms with van der Waals surface area (Å²) in [7, 11) is -3.85. The molecule has 1 aromatic heterocycles. The van der Waals surface area contributed by atoms with Gasteiger partial charge in [-0.1, -0.05) is 42.5 Å². The molecule has 1 N–H and O–H groups in total. The van der Waals surface area contributed by atoms with E-state index < -0.39 is 27.4 Å². The molecule has 4 aromatic rings. The lowest BCUT2D eigenvalue weighted by Crippen LogP contribution is -2.49. The second-order valence-electron chi connectivity index (χ2n) is 15.0. The van der Waals surface area contributed by atoms with Crippen LogP contribution >= 0.6 is 0 Å². The average molecular weight is 794 g/mol. The number of anilines is 2. The minimum Gasteiger partial charge on any atom is -0.459 e. The molecular weight excluding hydrogens is 748 g/mol. The monoisotopic (exact) mass is 793 g/mol. The summed E-state index contributed by atoms with van der Waals surface area (Å²) in [5.74, 6) is -0.0674. The van der Waals surface area contributed by atoms with Crippen LogP contribution in [-0.2, 0) is 31.5 Å². The van der Waals surface area contributed by atoms with E-state index in [4.69, 9.17) is 9.47 Å². The van der Waals surface area contributed by atoms with Crippen LogP contribution in [0, 0.1) is 0 Å². The number of carbonyl (C=O) groups is 2. The van der Waals surface area contributed by atoms with E-state index in [-0.39, 0.29) is 36.0 Å². The van der Waals surface area contributed by atoms with Crippen molar-refractivity contribution in [1.29, 1.82) is 0 Å². The van der Waals surface area contributed by atoms with Crippen molar-refractivity contribution in [2.45, 2.75) is 57.1 Å². The van der Waals surface area contributed by atoms with E-state index in [1.807, 2.05) is 43.9 Å². The maximum absolute atomic E-state index is 13.9. The highest BCUT2D eigenvalue weighted by atomic mass is 32.2. The Morgan fingerprint density at radius 2 is 1.54 bits per heavy atom. The lowest BCUT2D eigenvalue weighted by molar-refractivity contribution is -0.156. The second kappa shape index (κ2) is 16.9. The number of rotatable bonds is 11. The van der Waals surface area contributed by atoms with Crippen molar-refractivity contribution in [2.24, 2.45) is 0 Å². The Bertz CT molecular complexity index is 2080. The zero-order chi connectivity index (χ0) is 40.1. The van der Waals surface area contributed by atoms with Crippen molar-refractivity contribution in [2.75, 3.05) is 55.4 Å². The summed E-state index contributed by atoms with van der Waals surface area (Å²) in [6.45, 7) is 8.84. The number of nitrogens with one attached hydrogen (secondary N) is 1. The summed E-state index contributed by atoms with van der Waals surface area (Å²) in [5.41, 5.74) is 1.58. The predicted octanol–water partition coefficient (Wildman–Crippen LogP) is 7.32. The van der Waals surface area contributed by atoms with Gasteiger partial charge in [0.2, 0.25) is 15.9 Å². The van der Waals surface area contributed by atoms with Gasteiger partial charge < -0.3 is 19.3 Å². The highest BCUT2D eigenvalue weighted by Gasteiger charge is 2.31. The highest BCUT2D eigenvalue weighted by molar-refractivity contribution is 7.91. The maximum Gasteiger partial charge on any atom is 0.417 e. The van der Waals surface area contributed by atoms with Crippen LogP contribution in [0.1, 0.15) is 66.6 Å². The van der Waals surface area contributed by atoms with E-state index in [1.165, 1.54) is 6.07 Å². The van der Waals surface area contributed by atoms with Crippen molar-refractivity contribution >= 4 is 33.3 Å². The maximum atomic E-state index is 13.9. The smallest absolute Gasteiger partial charge is 0.417 e. The van der Waals surface area contributed by atoms with Crippen molar-refractivity contribution in [3.8, 4) is 11.6 Å². The van der Waals surface area contributed by atoms with Crippen LogP contribution in [0.15, 0.2) is 91.1 Å². The number of carbonyl (C=O) groups excluding carboxylic acids is 2. The molecule has 15 heteroatoms. The van der Waals surface area contributed by atoms with Crippen LogP contribution < -0.4 is 14.4 Å². The number of piperazine rings is 1. The summed E-state index contributed by atoms with van der Waals surface area (Å²) in [4.78, 5) is 35.9. The van der Waals surface area contributed by atoms with Crippen LogP contribution in [0.25, 0.3) is 0 Å². The number of alkyl halides is 3. The Morgan fingerprint density at radius 1 is 0.857 bits per heavy atom. The molecule has 0 bridgehead atoms. The number of amides is 1. The molecule has 2 aliphatic heterocycles. The minimum atomic E-state index is -4.48. The number of pyridine rings is 1. The van der Waals surface area contributed by atoms with E-state index in [9.17, 15) is 31.2 Å². The zero-order valence-electron chi connectivity index (χ0n) is 31.6. The third kappa shape index (κ3) is 11.0. The lowest BCUT2D eigenvalue weighted by Gasteiger charge is -2.37. The molecule has 6 rings (SSSR count). The van der Waals surface area contributed by atoms with Crippen molar-refractivity contribution in [3.63, 3.8) is 0 Å². The quantitative estimate of drug-likeness (QED) is 0.156. The molecule has 0 spiro atoms. The van der Waals surface area contributed by atoms with Crippen molar-refractivity contribution in [3.05, 3.63) is 113 Å². The first-order chi connectivity index (χ1) is 26.5. The fraction of sp³-hybridized carbons (Fsp3) is 0.390. The van der Waals surface area contributed by atoms with Crippen LogP contribution in [0.5, 0.6) is 11.6 Å². The summed E-state index contributed by atoms with van der Waals surface area (Å²) < 4.78 is 79.4. The molecule has 2 saturated heterocycles. The topological polar surface area (TPSA) is 121 Å². The van der Waals surface area contributed by atoms with E-state index in [0.29, 0.717) is 80.4 Å². The van der Waals surface area contributed by atoms with E-state index >= 15 is 0 Å². The SMILES string of the molecule is CC(C)(C)OC(=O)CN1CCN(c2ccc(C(=O)N3CCC(c4ccc(Oc5ccc(C(F)(F)F)cn5)cc4)CC3)cc2NS(=O)(=O)Cc2ccccc2)CC1. The van der Waals surface area contributed by atoms with Gasteiger partial charge in [-0.3, -0.25) is 19.2 Å². The number of halogens is 3. The molecule has 0 atom stereocenters. The number of sulfonamides is 1. The highest BCUT2D eigenvalue weighted by Crippen LogP contribution is 2.34. The first kappa shape index (κ1) is 40.5. The van der Waals surface area contributed by atoms with E-state index in [0.717, 1.165) is 17.8 Å². The first-order valence-corrected chi connectivity index (χ1v) is 20.1. The van der Waals surface area contributed by atoms with Crippen molar-refractivity contribution in [1.82, 2.24) is 14.8 Å². The number of esters is 1. The van der Waals surface area contributed by atoms with Crippen molar-refractivity contribution < 1.29 is 40.7 Å². The Hall–Kier alpha value is -5.15. The van der Waals surface area contributed by atoms with E-state index in [2.05, 4.69) is 14.6 Å². The van der Waals surface area contributed by atoms with Gasteiger partial charge in [-0.2, -0.15) is 13.2 Å². The fourth-order valence-corrected chi connectivity index (χ4v) is 8.06. The van der Waals surface area contributed by atoms with Gasteiger partial charge in [0, 0.05) is 57.1 Å². The Labute approximate surface area is 325 Å². The molecule has 0 aliphatic carbocycles.